The lowest BCUT2D eigenvalue weighted by molar-refractivity contribution is 0.0569. The van der Waals surface area contributed by atoms with Crippen molar-refractivity contribution in [1.82, 2.24) is 19.2 Å². The van der Waals surface area contributed by atoms with Crippen molar-refractivity contribution in [3.63, 3.8) is 0 Å². The first-order valence-electron chi connectivity index (χ1n) is 9.26. The van der Waals surface area contributed by atoms with Gasteiger partial charge in [-0.1, -0.05) is 18.2 Å². The van der Waals surface area contributed by atoms with Crippen LogP contribution in [0.1, 0.15) is 11.3 Å². The highest BCUT2D eigenvalue weighted by atomic mass is 32.2. The van der Waals surface area contributed by atoms with Crippen LogP contribution in [0.4, 0.5) is 0 Å². The lowest BCUT2D eigenvalue weighted by Crippen LogP contribution is -2.57. The molecule has 1 aromatic carbocycles. The molecule has 0 spiro atoms. The van der Waals surface area contributed by atoms with Crippen molar-refractivity contribution >= 4 is 9.84 Å². The molecule has 2 unspecified atom stereocenters. The second-order valence-electron chi connectivity index (χ2n) is 7.70. The van der Waals surface area contributed by atoms with Crippen molar-refractivity contribution in [2.45, 2.75) is 25.6 Å². The van der Waals surface area contributed by atoms with Gasteiger partial charge in [-0.15, -0.1) is 0 Å². The average molecular weight is 391 g/mol. The molecule has 8 heteroatoms. The maximum atomic E-state index is 13.2. The number of hydrogen-bond donors (Lipinski definition) is 0. The Hall–Kier alpha value is -1.90. The van der Waals surface area contributed by atoms with Crippen LogP contribution in [0.2, 0.25) is 0 Å². The summed E-state index contributed by atoms with van der Waals surface area (Å²) in [5.74, 6) is 0.396. The quantitative estimate of drug-likeness (QED) is 0.759. The third-order valence-electron chi connectivity index (χ3n) is 6.10. The summed E-state index contributed by atoms with van der Waals surface area (Å²) < 4.78 is 28.0. The first-order valence-corrected chi connectivity index (χ1v) is 11.1. The molecule has 27 heavy (non-hydrogen) atoms. The topological polar surface area (TPSA) is 67.6 Å². The van der Waals surface area contributed by atoms with E-state index < -0.39 is 9.84 Å². The predicted molar refractivity (Wildman–Crippen MR) is 105 cm³/mol. The van der Waals surface area contributed by atoms with E-state index >= 15 is 0 Å². The third kappa shape index (κ3) is 3.15. The Kier molecular flexibility index (Phi) is 4.52. The van der Waals surface area contributed by atoms with E-state index in [9.17, 15) is 13.2 Å². The Balaban J connectivity index is 1.69. The highest BCUT2D eigenvalue weighted by Gasteiger charge is 2.45. The predicted octanol–water partition coefficient (Wildman–Crippen LogP) is 0.397. The minimum Gasteiger partial charge on any atom is -0.300 e. The molecule has 2 fully saturated rings. The van der Waals surface area contributed by atoms with E-state index in [1.54, 1.807) is 4.68 Å². The lowest BCUT2D eigenvalue weighted by Gasteiger charge is -2.42. The Morgan fingerprint density at radius 1 is 1.04 bits per heavy atom. The second kappa shape index (κ2) is 6.61. The SMILES string of the molecule is Cc1c(CN2CCN(C)C3CS(=O)(=O)CC32)c(=O)n(-c2ccccc2)n1C. The van der Waals surface area contributed by atoms with Crippen LogP contribution in [0, 0.1) is 6.92 Å². The Bertz CT molecular complexity index is 1010. The third-order valence-corrected chi connectivity index (χ3v) is 7.80. The second-order valence-corrected chi connectivity index (χ2v) is 9.86. The summed E-state index contributed by atoms with van der Waals surface area (Å²) in [7, 11) is 0.856. The number of aromatic nitrogens is 2. The molecular formula is C19H26N4O3S. The van der Waals surface area contributed by atoms with Gasteiger partial charge in [0.1, 0.15) is 0 Å². The Morgan fingerprint density at radius 3 is 2.41 bits per heavy atom. The van der Waals surface area contributed by atoms with Gasteiger partial charge in [0.2, 0.25) is 0 Å². The normalized spacial score (nSPS) is 25.6. The number of sulfone groups is 1. The molecule has 0 aliphatic carbocycles. The van der Waals surface area contributed by atoms with Gasteiger partial charge in [0.15, 0.2) is 9.84 Å². The molecule has 3 heterocycles. The van der Waals surface area contributed by atoms with Gasteiger partial charge in [0.25, 0.3) is 5.56 Å². The summed E-state index contributed by atoms with van der Waals surface area (Å²) in [4.78, 5) is 17.5. The maximum absolute atomic E-state index is 13.2. The van der Waals surface area contributed by atoms with Gasteiger partial charge < -0.3 is 0 Å². The molecule has 2 aromatic rings. The summed E-state index contributed by atoms with van der Waals surface area (Å²) in [5.41, 5.74) is 2.46. The maximum Gasteiger partial charge on any atom is 0.276 e. The molecule has 2 aliphatic heterocycles. The number of para-hydroxylation sites is 1. The van der Waals surface area contributed by atoms with E-state index in [0.29, 0.717) is 6.54 Å². The van der Waals surface area contributed by atoms with Crippen LogP contribution in [-0.4, -0.2) is 71.3 Å². The van der Waals surface area contributed by atoms with E-state index in [0.717, 1.165) is 30.0 Å². The fourth-order valence-corrected chi connectivity index (χ4v) is 6.49. The number of nitrogens with zero attached hydrogens (tertiary/aromatic N) is 4. The number of hydrogen-bond acceptors (Lipinski definition) is 5. The first kappa shape index (κ1) is 18.5. The van der Waals surface area contributed by atoms with Crippen molar-refractivity contribution < 1.29 is 8.42 Å². The molecule has 0 N–H and O–H groups in total. The summed E-state index contributed by atoms with van der Waals surface area (Å²) in [6.07, 6.45) is 0. The molecule has 4 rings (SSSR count). The Labute approximate surface area is 159 Å². The van der Waals surface area contributed by atoms with Crippen LogP contribution < -0.4 is 5.56 Å². The van der Waals surface area contributed by atoms with Gasteiger partial charge >= 0.3 is 0 Å². The Morgan fingerprint density at radius 2 is 1.70 bits per heavy atom. The monoisotopic (exact) mass is 390 g/mol. The van der Waals surface area contributed by atoms with Gasteiger partial charge in [-0.2, -0.15) is 0 Å². The molecule has 0 saturated carbocycles. The zero-order valence-corrected chi connectivity index (χ0v) is 16.8. The van der Waals surface area contributed by atoms with Crippen LogP contribution >= 0.6 is 0 Å². The van der Waals surface area contributed by atoms with Gasteiger partial charge in [0, 0.05) is 44.5 Å². The van der Waals surface area contributed by atoms with Crippen LogP contribution in [0.3, 0.4) is 0 Å². The molecule has 0 radical (unpaired) electrons. The molecule has 2 atom stereocenters. The van der Waals surface area contributed by atoms with E-state index in [1.807, 2.05) is 56.0 Å². The number of fused-ring (bicyclic) bond motifs is 1. The smallest absolute Gasteiger partial charge is 0.276 e. The fourth-order valence-electron chi connectivity index (χ4n) is 4.40. The largest absolute Gasteiger partial charge is 0.300 e. The van der Waals surface area contributed by atoms with E-state index in [4.69, 9.17) is 0 Å². The van der Waals surface area contributed by atoms with E-state index in [1.165, 1.54) is 0 Å². The molecule has 1 aromatic heterocycles. The highest BCUT2D eigenvalue weighted by molar-refractivity contribution is 7.91. The molecule has 7 nitrogen and oxygen atoms in total. The van der Waals surface area contributed by atoms with Crippen LogP contribution in [0.15, 0.2) is 35.1 Å². The van der Waals surface area contributed by atoms with Gasteiger partial charge in [0.05, 0.1) is 22.8 Å². The summed E-state index contributed by atoms with van der Waals surface area (Å²) >= 11 is 0. The lowest BCUT2D eigenvalue weighted by atomic mass is 10.0. The summed E-state index contributed by atoms with van der Waals surface area (Å²) in [6.45, 7) is 4.03. The van der Waals surface area contributed by atoms with Crippen LogP contribution in [0.25, 0.3) is 5.69 Å². The minimum atomic E-state index is -3.03. The summed E-state index contributed by atoms with van der Waals surface area (Å²) in [6, 6.07) is 9.56. The fraction of sp³-hybridized carbons (Fsp3) is 0.526. The average Bonchev–Trinajstić information content (AvgIpc) is 3.07. The summed E-state index contributed by atoms with van der Waals surface area (Å²) in [5, 5.41) is 0. The van der Waals surface area contributed by atoms with Gasteiger partial charge in [-0.05, 0) is 26.1 Å². The van der Waals surface area contributed by atoms with Crippen molar-refractivity contribution in [2.75, 3.05) is 31.6 Å². The van der Waals surface area contributed by atoms with Gasteiger partial charge in [-0.3, -0.25) is 19.3 Å². The zero-order valence-electron chi connectivity index (χ0n) is 16.0. The van der Waals surface area contributed by atoms with Crippen molar-refractivity contribution in [2.24, 2.45) is 7.05 Å². The molecule has 0 bridgehead atoms. The van der Waals surface area contributed by atoms with Crippen molar-refractivity contribution in [3.05, 3.63) is 51.9 Å². The molecule has 2 saturated heterocycles. The van der Waals surface area contributed by atoms with Crippen LogP contribution in [0.5, 0.6) is 0 Å². The first-order chi connectivity index (χ1) is 12.8. The number of likely N-dealkylation sites (N-methyl/N-ethyl adjacent to an activating group) is 1. The van der Waals surface area contributed by atoms with Crippen LogP contribution in [-0.2, 0) is 23.4 Å². The number of benzene rings is 1. The molecule has 2 aliphatic rings. The molecule has 146 valence electrons. The van der Waals surface area contributed by atoms with E-state index in [-0.39, 0.29) is 29.1 Å². The number of rotatable bonds is 3. The van der Waals surface area contributed by atoms with Crippen molar-refractivity contribution in [1.29, 1.82) is 0 Å². The molecular weight excluding hydrogens is 364 g/mol. The molecule has 0 amide bonds. The number of piperazine rings is 1. The van der Waals surface area contributed by atoms with E-state index in [2.05, 4.69) is 9.80 Å². The van der Waals surface area contributed by atoms with Gasteiger partial charge in [-0.25, -0.2) is 13.1 Å². The highest BCUT2D eigenvalue weighted by Crippen LogP contribution is 2.27. The minimum absolute atomic E-state index is 0.0177. The van der Waals surface area contributed by atoms with Crippen molar-refractivity contribution in [3.8, 4) is 5.69 Å². The standard InChI is InChI=1S/C19H26N4O3S/c1-14-16(19(24)23(21(14)3)15-7-5-4-6-8-15)11-22-10-9-20(2)17-12-27(25,26)13-18(17)22/h4-8,17-18H,9-13H2,1-3H3. The zero-order chi connectivity index (χ0) is 19.3.